The van der Waals surface area contributed by atoms with Gasteiger partial charge in [0.15, 0.2) is 0 Å². The normalized spacial score (nSPS) is 10.1. The molecule has 0 radical (unpaired) electrons. The van der Waals surface area contributed by atoms with E-state index >= 15 is 0 Å². The second-order valence-electron chi connectivity index (χ2n) is 3.84. The highest BCUT2D eigenvalue weighted by Gasteiger charge is 2.07. The fraction of sp³-hybridized carbons (Fsp3) is 0.417. The Bertz CT molecular complexity index is 394. The molecule has 0 bridgehead atoms. The Morgan fingerprint density at radius 3 is 2.76 bits per heavy atom. The first-order chi connectivity index (χ1) is 8.04. The van der Waals surface area contributed by atoms with Crippen molar-refractivity contribution in [3.05, 3.63) is 29.6 Å². The van der Waals surface area contributed by atoms with E-state index in [4.69, 9.17) is 10.5 Å². The molecule has 0 unspecified atom stereocenters. The summed E-state index contributed by atoms with van der Waals surface area (Å²) in [5, 5.41) is 0. The lowest BCUT2D eigenvalue weighted by atomic mass is 10.2. The van der Waals surface area contributed by atoms with Crippen LogP contribution in [0.25, 0.3) is 0 Å². The van der Waals surface area contributed by atoms with Crippen molar-refractivity contribution < 1.29 is 13.9 Å². The van der Waals surface area contributed by atoms with Crippen LogP contribution in [0.5, 0.6) is 5.75 Å². The van der Waals surface area contributed by atoms with E-state index in [0.717, 1.165) is 0 Å². The number of ether oxygens (including phenoxy) is 1. The predicted octanol–water partition coefficient (Wildman–Crippen LogP) is 1.14. The van der Waals surface area contributed by atoms with Crippen LogP contribution in [0.2, 0.25) is 0 Å². The van der Waals surface area contributed by atoms with Gasteiger partial charge in [-0.3, -0.25) is 4.79 Å². The lowest BCUT2D eigenvalue weighted by Crippen LogP contribution is -2.23. The van der Waals surface area contributed by atoms with Crippen LogP contribution in [-0.4, -0.2) is 31.5 Å². The summed E-state index contributed by atoms with van der Waals surface area (Å²) in [6.45, 7) is 0.463. The lowest BCUT2D eigenvalue weighted by Gasteiger charge is -2.12. The minimum atomic E-state index is -0.345. The van der Waals surface area contributed by atoms with E-state index in [1.807, 2.05) is 0 Å². The summed E-state index contributed by atoms with van der Waals surface area (Å²) in [5.41, 5.74) is 6.08. The van der Waals surface area contributed by atoms with Gasteiger partial charge in [-0.25, -0.2) is 4.39 Å². The number of benzene rings is 1. The maximum atomic E-state index is 12.9. The molecular weight excluding hydrogens is 223 g/mol. The molecule has 4 nitrogen and oxygen atoms in total. The van der Waals surface area contributed by atoms with Crippen molar-refractivity contribution in [3.63, 3.8) is 0 Å². The minimum absolute atomic E-state index is 0.0126. The third-order valence-electron chi connectivity index (χ3n) is 2.31. The van der Waals surface area contributed by atoms with Crippen LogP contribution in [0.4, 0.5) is 4.39 Å². The van der Waals surface area contributed by atoms with Gasteiger partial charge in [0.25, 0.3) is 0 Å². The largest absolute Gasteiger partial charge is 0.493 e. The highest BCUT2D eigenvalue weighted by molar-refractivity contribution is 5.75. The van der Waals surface area contributed by atoms with Crippen molar-refractivity contribution in [1.82, 2.24) is 4.90 Å². The van der Waals surface area contributed by atoms with Crippen molar-refractivity contribution in [1.29, 1.82) is 0 Å². The molecule has 0 heterocycles. The molecule has 0 saturated heterocycles. The van der Waals surface area contributed by atoms with Crippen LogP contribution in [-0.2, 0) is 11.3 Å². The first kappa shape index (κ1) is 13.4. The average Bonchev–Trinajstić information content (AvgIpc) is 2.30. The van der Waals surface area contributed by atoms with Gasteiger partial charge in [0, 0.05) is 26.2 Å². The van der Waals surface area contributed by atoms with Crippen LogP contribution in [0, 0.1) is 5.82 Å². The Balaban J connectivity index is 2.54. The van der Waals surface area contributed by atoms with E-state index in [1.165, 1.54) is 23.1 Å². The number of amides is 1. The zero-order valence-corrected chi connectivity index (χ0v) is 10.1. The van der Waals surface area contributed by atoms with Crippen LogP contribution >= 0.6 is 0 Å². The molecule has 1 aromatic carbocycles. The SMILES string of the molecule is CN(C)C(=O)CCOc1ccc(F)cc1CN. The number of carbonyl (C=O) groups excluding carboxylic acids is 1. The maximum absolute atomic E-state index is 12.9. The molecule has 1 amide bonds. The van der Waals surface area contributed by atoms with Gasteiger partial charge in [-0.15, -0.1) is 0 Å². The Kier molecular flexibility index (Phi) is 4.90. The molecular formula is C12H17FN2O2. The summed E-state index contributed by atoms with van der Waals surface area (Å²) in [7, 11) is 3.37. The summed E-state index contributed by atoms with van der Waals surface area (Å²) in [5.74, 6) is 0.170. The number of rotatable bonds is 5. The van der Waals surface area contributed by atoms with Gasteiger partial charge in [0.1, 0.15) is 11.6 Å². The molecule has 0 fully saturated rings. The average molecular weight is 240 g/mol. The van der Waals surface area contributed by atoms with Gasteiger partial charge in [0.2, 0.25) is 5.91 Å². The summed E-state index contributed by atoms with van der Waals surface area (Å²) in [4.78, 5) is 12.8. The molecule has 0 aromatic heterocycles. The molecule has 0 aliphatic rings. The van der Waals surface area contributed by atoms with Gasteiger partial charge in [-0.2, -0.15) is 0 Å². The Labute approximate surface area is 100 Å². The highest BCUT2D eigenvalue weighted by atomic mass is 19.1. The van der Waals surface area contributed by atoms with Crippen molar-refractivity contribution in [2.24, 2.45) is 5.73 Å². The van der Waals surface area contributed by atoms with E-state index in [1.54, 1.807) is 14.1 Å². The number of hydrogen-bond acceptors (Lipinski definition) is 3. The predicted molar refractivity (Wildman–Crippen MR) is 63.1 cm³/mol. The Morgan fingerprint density at radius 2 is 2.18 bits per heavy atom. The fourth-order valence-electron chi connectivity index (χ4n) is 1.32. The number of nitrogens with two attached hydrogens (primary N) is 1. The van der Waals surface area contributed by atoms with Crippen LogP contribution < -0.4 is 10.5 Å². The molecule has 0 aliphatic heterocycles. The molecule has 2 N–H and O–H groups in total. The first-order valence-corrected chi connectivity index (χ1v) is 5.36. The number of hydrogen-bond donors (Lipinski definition) is 1. The zero-order chi connectivity index (χ0) is 12.8. The molecule has 94 valence electrons. The van der Waals surface area contributed by atoms with E-state index in [9.17, 15) is 9.18 Å². The maximum Gasteiger partial charge on any atom is 0.225 e. The number of halogens is 1. The van der Waals surface area contributed by atoms with E-state index in [-0.39, 0.29) is 31.3 Å². The Hall–Kier alpha value is -1.62. The van der Waals surface area contributed by atoms with Gasteiger partial charge >= 0.3 is 0 Å². The van der Waals surface area contributed by atoms with Crippen LogP contribution in [0.3, 0.4) is 0 Å². The zero-order valence-electron chi connectivity index (χ0n) is 10.1. The van der Waals surface area contributed by atoms with Crippen molar-refractivity contribution in [2.45, 2.75) is 13.0 Å². The first-order valence-electron chi connectivity index (χ1n) is 5.36. The molecule has 0 aliphatic carbocycles. The standard InChI is InChI=1S/C12H17FN2O2/c1-15(2)12(16)5-6-17-11-4-3-10(13)7-9(11)8-14/h3-4,7H,5-6,8,14H2,1-2H3. The number of nitrogens with zero attached hydrogens (tertiary/aromatic N) is 1. The molecule has 0 atom stereocenters. The fourth-order valence-corrected chi connectivity index (χ4v) is 1.32. The topological polar surface area (TPSA) is 55.6 Å². The van der Waals surface area contributed by atoms with Gasteiger partial charge in [0.05, 0.1) is 13.0 Å². The minimum Gasteiger partial charge on any atom is -0.493 e. The molecule has 5 heteroatoms. The van der Waals surface area contributed by atoms with E-state index in [0.29, 0.717) is 11.3 Å². The van der Waals surface area contributed by atoms with Gasteiger partial charge in [-0.05, 0) is 18.2 Å². The summed E-state index contributed by atoms with van der Waals surface area (Å²) in [6, 6.07) is 4.17. The van der Waals surface area contributed by atoms with Gasteiger partial charge in [-0.1, -0.05) is 0 Å². The molecule has 1 rings (SSSR count). The third-order valence-corrected chi connectivity index (χ3v) is 2.31. The third kappa shape index (κ3) is 4.03. The van der Waals surface area contributed by atoms with Gasteiger partial charge < -0.3 is 15.4 Å². The molecule has 0 spiro atoms. The molecule has 1 aromatic rings. The van der Waals surface area contributed by atoms with Crippen molar-refractivity contribution >= 4 is 5.91 Å². The summed E-state index contributed by atoms with van der Waals surface area (Å²) >= 11 is 0. The monoisotopic (exact) mass is 240 g/mol. The smallest absolute Gasteiger partial charge is 0.225 e. The van der Waals surface area contributed by atoms with Crippen molar-refractivity contribution in [3.8, 4) is 5.75 Å². The van der Waals surface area contributed by atoms with E-state index in [2.05, 4.69) is 0 Å². The Morgan fingerprint density at radius 1 is 1.47 bits per heavy atom. The summed E-state index contributed by atoms with van der Waals surface area (Å²) < 4.78 is 18.3. The van der Waals surface area contributed by atoms with Crippen molar-refractivity contribution in [2.75, 3.05) is 20.7 Å². The summed E-state index contributed by atoms with van der Waals surface area (Å²) in [6.07, 6.45) is 0.286. The quantitative estimate of drug-likeness (QED) is 0.839. The molecule has 0 saturated carbocycles. The van der Waals surface area contributed by atoms with E-state index < -0.39 is 0 Å². The number of carbonyl (C=O) groups is 1. The lowest BCUT2D eigenvalue weighted by molar-refractivity contribution is -0.129. The highest BCUT2D eigenvalue weighted by Crippen LogP contribution is 2.19. The second kappa shape index (κ2) is 6.20. The molecule has 17 heavy (non-hydrogen) atoms. The van der Waals surface area contributed by atoms with Crippen LogP contribution in [0.1, 0.15) is 12.0 Å². The second-order valence-corrected chi connectivity index (χ2v) is 3.84. The van der Waals surface area contributed by atoms with Crippen LogP contribution in [0.15, 0.2) is 18.2 Å².